The molecule has 1 aromatic rings. The van der Waals surface area contributed by atoms with Gasteiger partial charge in [0.25, 0.3) is 0 Å². The Labute approximate surface area is 110 Å². The minimum absolute atomic E-state index is 0.356. The van der Waals surface area contributed by atoms with Gasteiger partial charge >= 0.3 is 0 Å². The molecule has 1 aromatic carbocycles. The van der Waals surface area contributed by atoms with Gasteiger partial charge in [0.2, 0.25) is 0 Å². The number of aliphatic hydroxyl groups excluding tert-OH is 1. The molecule has 4 heteroatoms. The Bertz CT molecular complexity index is 402. The van der Waals surface area contributed by atoms with Gasteiger partial charge in [-0.1, -0.05) is 6.42 Å². The summed E-state index contributed by atoms with van der Waals surface area (Å²) in [6.45, 7) is 0. The van der Waals surface area contributed by atoms with E-state index >= 15 is 0 Å². The van der Waals surface area contributed by atoms with E-state index in [1.165, 1.54) is 6.42 Å². The van der Waals surface area contributed by atoms with Crippen molar-refractivity contribution in [1.29, 1.82) is 0 Å². The lowest BCUT2D eigenvalue weighted by molar-refractivity contribution is 0.0598. The lowest BCUT2D eigenvalue weighted by Gasteiger charge is -2.31. The summed E-state index contributed by atoms with van der Waals surface area (Å²) in [6, 6.07) is 3.70. The van der Waals surface area contributed by atoms with E-state index in [0.717, 1.165) is 28.6 Å². The number of ether oxygens (including phenoxy) is 2. The number of methoxy groups -OCH3 is 2. The Kier molecular flexibility index (Phi) is 3.94. The summed E-state index contributed by atoms with van der Waals surface area (Å²) in [5.74, 6) is 1.78. The number of benzene rings is 1. The molecule has 0 aliphatic heterocycles. The van der Waals surface area contributed by atoms with Crippen molar-refractivity contribution in [3.05, 3.63) is 22.2 Å². The van der Waals surface area contributed by atoms with Crippen LogP contribution in [0.2, 0.25) is 0 Å². The molecule has 0 heterocycles. The topological polar surface area (TPSA) is 38.7 Å². The van der Waals surface area contributed by atoms with Gasteiger partial charge in [-0.05, 0) is 46.8 Å². The Hall–Kier alpha value is -0.740. The van der Waals surface area contributed by atoms with Gasteiger partial charge in [0.1, 0.15) is 11.5 Å². The highest BCUT2D eigenvalue weighted by molar-refractivity contribution is 9.10. The second-order valence-electron chi connectivity index (χ2n) is 4.36. The van der Waals surface area contributed by atoms with E-state index in [9.17, 15) is 5.11 Å². The highest BCUT2D eigenvalue weighted by Crippen LogP contribution is 2.43. The first-order valence-corrected chi connectivity index (χ1v) is 6.56. The minimum atomic E-state index is -0.458. The fourth-order valence-corrected chi connectivity index (χ4v) is 2.61. The monoisotopic (exact) mass is 300 g/mol. The Morgan fingerprint density at radius 1 is 1.24 bits per heavy atom. The summed E-state index contributed by atoms with van der Waals surface area (Å²) in [6.07, 6.45) is 2.92. The molecule has 17 heavy (non-hydrogen) atoms. The van der Waals surface area contributed by atoms with Crippen molar-refractivity contribution >= 4 is 15.9 Å². The van der Waals surface area contributed by atoms with Crippen LogP contribution in [0.1, 0.15) is 30.9 Å². The highest BCUT2D eigenvalue weighted by Gasteiger charge is 2.29. The fraction of sp³-hybridized carbons (Fsp3) is 0.538. The molecule has 1 unspecified atom stereocenters. The molecule has 1 N–H and O–H groups in total. The normalized spacial score (nSPS) is 17.4. The van der Waals surface area contributed by atoms with E-state index in [4.69, 9.17) is 9.47 Å². The predicted molar refractivity (Wildman–Crippen MR) is 69.5 cm³/mol. The van der Waals surface area contributed by atoms with E-state index in [1.54, 1.807) is 14.2 Å². The maximum atomic E-state index is 10.3. The maximum Gasteiger partial charge on any atom is 0.133 e. The Morgan fingerprint density at radius 2 is 1.88 bits per heavy atom. The minimum Gasteiger partial charge on any atom is -0.496 e. The van der Waals surface area contributed by atoms with Crippen molar-refractivity contribution in [2.75, 3.05) is 14.2 Å². The second kappa shape index (κ2) is 5.27. The van der Waals surface area contributed by atoms with Crippen LogP contribution < -0.4 is 9.47 Å². The summed E-state index contributed by atoms with van der Waals surface area (Å²) >= 11 is 3.41. The molecular weight excluding hydrogens is 284 g/mol. The lowest BCUT2D eigenvalue weighted by Crippen LogP contribution is -2.20. The van der Waals surface area contributed by atoms with Gasteiger partial charge in [-0.2, -0.15) is 0 Å². The van der Waals surface area contributed by atoms with Gasteiger partial charge in [0, 0.05) is 5.56 Å². The molecule has 0 saturated heterocycles. The average Bonchev–Trinajstić information content (AvgIpc) is 2.26. The van der Waals surface area contributed by atoms with Gasteiger partial charge in [-0.3, -0.25) is 0 Å². The van der Waals surface area contributed by atoms with E-state index in [-0.39, 0.29) is 0 Å². The Balaban J connectivity index is 2.35. The van der Waals surface area contributed by atoms with Crippen molar-refractivity contribution in [3.63, 3.8) is 0 Å². The molecule has 2 rings (SSSR count). The standard InChI is InChI=1S/C13H17BrO3/c1-16-11-7-10(14)12(17-2)6-9(11)13(15)8-4-3-5-8/h6-8,13,15H,3-5H2,1-2H3. The van der Waals surface area contributed by atoms with Crippen molar-refractivity contribution in [3.8, 4) is 11.5 Å². The molecule has 1 atom stereocenters. The maximum absolute atomic E-state index is 10.3. The van der Waals surface area contributed by atoms with Crippen molar-refractivity contribution < 1.29 is 14.6 Å². The van der Waals surface area contributed by atoms with Gasteiger partial charge < -0.3 is 14.6 Å². The zero-order valence-corrected chi connectivity index (χ0v) is 11.7. The molecule has 0 spiro atoms. The van der Waals surface area contributed by atoms with Gasteiger partial charge in [-0.25, -0.2) is 0 Å². The van der Waals surface area contributed by atoms with E-state index < -0.39 is 6.10 Å². The van der Waals surface area contributed by atoms with Crippen LogP contribution in [0.4, 0.5) is 0 Å². The third kappa shape index (κ3) is 2.43. The van der Waals surface area contributed by atoms with Crippen LogP contribution in [0, 0.1) is 5.92 Å². The Morgan fingerprint density at radius 3 is 2.35 bits per heavy atom. The molecule has 94 valence electrons. The summed E-state index contributed by atoms with van der Waals surface area (Å²) in [7, 11) is 3.23. The zero-order chi connectivity index (χ0) is 12.4. The number of hydrogen-bond donors (Lipinski definition) is 1. The molecule has 0 aromatic heterocycles. The summed E-state index contributed by atoms with van der Waals surface area (Å²) in [4.78, 5) is 0. The molecular formula is C13H17BrO3. The van der Waals surface area contributed by atoms with Crippen molar-refractivity contribution in [2.45, 2.75) is 25.4 Å². The quantitative estimate of drug-likeness (QED) is 0.927. The first-order valence-electron chi connectivity index (χ1n) is 5.77. The van der Waals surface area contributed by atoms with Gasteiger partial charge in [0.15, 0.2) is 0 Å². The SMILES string of the molecule is COc1cc(C(O)C2CCC2)c(OC)cc1Br. The van der Waals surface area contributed by atoms with Crippen molar-refractivity contribution in [1.82, 2.24) is 0 Å². The van der Waals surface area contributed by atoms with E-state index in [0.29, 0.717) is 11.7 Å². The molecule has 1 aliphatic rings. The van der Waals surface area contributed by atoms with Crippen molar-refractivity contribution in [2.24, 2.45) is 5.92 Å². The number of rotatable bonds is 4. The third-order valence-electron chi connectivity index (χ3n) is 3.42. The first-order chi connectivity index (χ1) is 8.17. The molecule has 0 amide bonds. The molecule has 0 bridgehead atoms. The highest BCUT2D eigenvalue weighted by atomic mass is 79.9. The fourth-order valence-electron chi connectivity index (χ4n) is 2.12. The second-order valence-corrected chi connectivity index (χ2v) is 5.22. The number of halogens is 1. The lowest BCUT2D eigenvalue weighted by atomic mass is 9.78. The molecule has 0 radical (unpaired) electrons. The zero-order valence-electron chi connectivity index (χ0n) is 10.1. The molecule has 3 nitrogen and oxygen atoms in total. The molecule has 1 saturated carbocycles. The predicted octanol–water partition coefficient (Wildman–Crippen LogP) is 3.30. The van der Waals surface area contributed by atoms with Crippen LogP contribution in [0.25, 0.3) is 0 Å². The van der Waals surface area contributed by atoms with Gasteiger partial charge in [-0.15, -0.1) is 0 Å². The first kappa shape index (κ1) is 12.7. The summed E-state index contributed by atoms with van der Waals surface area (Å²) < 4.78 is 11.4. The van der Waals surface area contributed by atoms with Crippen LogP contribution in [0.5, 0.6) is 11.5 Å². The van der Waals surface area contributed by atoms with Gasteiger partial charge in [0.05, 0.1) is 24.8 Å². The third-order valence-corrected chi connectivity index (χ3v) is 4.04. The van der Waals surface area contributed by atoms with Crippen LogP contribution in [-0.2, 0) is 0 Å². The smallest absolute Gasteiger partial charge is 0.133 e. The largest absolute Gasteiger partial charge is 0.496 e. The summed E-state index contributed by atoms with van der Waals surface area (Å²) in [5.41, 5.74) is 0.817. The molecule has 1 aliphatic carbocycles. The van der Waals surface area contributed by atoms with E-state index in [2.05, 4.69) is 15.9 Å². The van der Waals surface area contributed by atoms with Crippen LogP contribution in [0.15, 0.2) is 16.6 Å². The summed E-state index contributed by atoms with van der Waals surface area (Å²) in [5, 5.41) is 10.3. The number of hydrogen-bond acceptors (Lipinski definition) is 3. The average molecular weight is 301 g/mol. The van der Waals surface area contributed by atoms with Crippen LogP contribution in [0.3, 0.4) is 0 Å². The number of aliphatic hydroxyl groups is 1. The van der Waals surface area contributed by atoms with Crippen LogP contribution in [-0.4, -0.2) is 19.3 Å². The molecule has 1 fully saturated rings. The van der Waals surface area contributed by atoms with E-state index in [1.807, 2.05) is 12.1 Å². The van der Waals surface area contributed by atoms with Crippen LogP contribution >= 0.6 is 15.9 Å².